The normalized spacial score (nSPS) is 10.7. The maximum Gasteiger partial charge on any atom is 0.336 e. The highest BCUT2D eigenvalue weighted by Crippen LogP contribution is 2.13. The van der Waals surface area contributed by atoms with E-state index in [2.05, 4.69) is 24.8 Å². The minimum absolute atomic E-state index is 0.341. The van der Waals surface area contributed by atoms with E-state index in [0.717, 1.165) is 12.1 Å². The van der Waals surface area contributed by atoms with E-state index in [1.165, 1.54) is 0 Å². The highest BCUT2D eigenvalue weighted by Gasteiger charge is 2.13. The molecule has 1 rings (SSSR count). The van der Waals surface area contributed by atoms with Crippen molar-refractivity contribution in [2.75, 3.05) is 13.1 Å². The fraction of sp³-hybridized carbons (Fsp3) is 0.467. The first kappa shape index (κ1) is 15.2. The smallest absolute Gasteiger partial charge is 0.336 e. The number of carboxylic acids is 1. The maximum absolute atomic E-state index is 11.2. The van der Waals surface area contributed by atoms with Crippen molar-refractivity contribution in [3.8, 4) is 6.07 Å². The van der Waals surface area contributed by atoms with Crippen LogP contribution in [0, 0.1) is 17.2 Å². The number of rotatable bonds is 7. The van der Waals surface area contributed by atoms with E-state index in [4.69, 9.17) is 10.4 Å². The number of nitriles is 1. The number of nitrogens with zero attached hydrogens (tertiary/aromatic N) is 2. The first-order valence-corrected chi connectivity index (χ1v) is 6.45. The van der Waals surface area contributed by atoms with Crippen molar-refractivity contribution >= 4 is 5.97 Å². The Morgan fingerprint density at radius 2 is 2.11 bits per heavy atom. The van der Waals surface area contributed by atoms with E-state index in [1.807, 2.05) is 12.1 Å². The summed E-state index contributed by atoms with van der Waals surface area (Å²) in [6, 6.07) is 9.17. The topological polar surface area (TPSA) is 64.3 Å². The Balaban J connectivity index is 2.83. The van der Waals surface area contributed by atoms with Gasteiger partial charge in [-0.25, -0.2) is 4.79 Å². The van der Waals surface area contributed by atoms with Crippen LogP contribution in [0.2, 0.25) is 0 Å². The lowest BCUT2D eigenvalue weighted by atomic mass is 10.1. The molecule has 4 nitrogen and oxygen atoms in total. The van der Waals surface area contributed by atoms with Gasteiger partial charge in [-0.3, -0.25) is 4.90 Å². The van der Waals surface area contributed by atoms with Gasteiger partial charge in [-0.1, -0.05) is 32.0 Å². The first-order chi connectivity index (χ1) is 9.04. The second-order valence-corrected chi connectivity index (χ2v) is 5.00. The number of aromatic carboxylic acids is 1. The second kappa shape index (κ2) is 7.55. The molecule has 4 heteroatoms. The Kier molecular flexibility index (Phi) is 6.04. The van der Waals surface area contributed by atoms with E-state index in [-0.39, 0.29) is 0 Å². The third-order valence-electron chi connectivity index (χ3n) is 2.80. The molecular weight excluding hydrogens is 240 g/mol. The summed E-state index contributed by atoms with van der Waals surface area (Å²) in [5.41, 5.74) is 1.14. The Morgan fingerprint density at radius 3 is 2.68 bits per heavy atom. The van der Waals surface area contributed by atoms with Gasteiger partial charge in [-0.2, -0.15) is 5.26 Å². The molecule has 0 aromatic heterocycles. The van der Waals surface area contributed by atoms with Gasteiger partial charge in [-0.05, 0) is 17.5 Å². The molecule has 0 spiro atoms. The third-order valence-corrected chi connectivity index (χ3v) is 2.80. The Labute approximate surface area is 114 Å². The summed E-state index contributed by atoms with van der Waals surface area (Å²) >= 11 is 0. The van der Waals surface area contributed by atoms with Crippen molar-refractivity contribution in [1.29, 1.82) is 5.26 Å². The minimum Gasteiger partial charge on any atom is -0.478 e. The first-order valence-electron chi connectivity index (χ1n) is 6.45. The number of carbonyl (C=O) groups is 1. The van der Waals surface area contributed by atoms with Gasteiger partial charge in [0.25, 0.3) is 0 Å². The molecule has 0 saturated carbocycles. The molecule has 0 heterocycles. The molecule has 0 unspecified atom stereocenters. The Bertz CT molecular complexity index is 463. The van der Waals surface area contributed by atoms with Crippen LogP contribution in [0.25, 0.3) is 0 Å². The zero-order valence-electron chi connectivity index (χ0n) is 11.5. The van der Waals surface area contributed by atoms with Crippen LogP contribution in [0.3, 0.4) is 0 Å². The molecule has 1 aromatic rings. The van der Waals surface area contributed by atoms with Gasteiger partial charge in [0.05, 0.1) is 11.6 Å². The summed E-state index contributed by atoms with van der Waals surface area (Å²) in [4.78, 5) is 13.3. The molecule has 0 atom stereocenters. The largest absolute Gasteiger partial charge is 0.478 e. The van der Waals surface area contributed by atoms with Gasteiger partial charge in [0.1, 0.15) is 0 Å². The fourth-order valence-corrected chi connectivity index (χ4v) is 2.07. The van der Waals surface area contributed by atoms with Gasteiger partial charge in [0.15, 0.2) is 0 Å². The quantitative estimate of drug-likeness (QED) is 0.818. The molecule has 0 radical (unpaired) electrons. The molecule has 1 N–H and O–H groups in total. The molecular formula is C15H20N2O2. The van der Waals surface area contributed by atoms with Crippen molar-refractivity contribution in [2.45, 2.75) is 26.8 Å². The summed E-state index contributed by atoms with van der Waals surface area (Å²) < 4.78 is 0. The summed E-state index contributed by atoms with van der Waals surface area (Å²) in [5.74, 6) is -0.420. The Morgan fingerprint density at radius 1 is 1.42 bits per heavy atom. The molecule has 0 fully saturated rings. The van der Waals surface area contributed by atoms with Crippen molar-refractivity contribution in [1.82, 2.24) is 4.90 Å². The number of hydrogen-bond donors (Lipinski definition) is 1. The van der Waals surface area contributed by atoms with Gasteiger partial charge < -0.3 is 5.11 Å². The average Bonchev–Trinajstić information content (AvgIpc) is 2.35. The van der Waals surface area contributed by atoms with E-state index in [1.54, 1.807) is 12.1 Å². The molecule has 0 amide bonds. The molecule has 102 valence electrons. The second-order valence-electron chi connectivity index (χ2n) is 5.00. The van der Waals surface area contributed by atoms with E-state index >= 15 is 0 Å². The standard InChI is InChI=1S/C15H20N2O2/c1-12(2)10-17(9-5-8-16)11-13-6-3-4-7-14(13)15(18)19/h3-4,6-7,12H,5,9-11H2,1-2H3,(H,18,19). The van der Waals surface area contributed by atoms with Crippen LogP contribution in [-0.2, 0) is 6.54 Å². The number of hydrogen-bond acceptors (Lipinski definition) is 3. The molecule has 0 aliphatic rings. The zero-order valence-corrected chi connectivity index (χ0v) is 11.5. The number of carboxylic acid groups (broad SMARTS) is 1. The van der Waals surface area contributed by atoms with Crippen molar-refractivity contribution in [3.05, 3.63) is 35.4 Å². The monoisotopic (exact) mass is 260 g/mol. The maximum atomic E-state index is 11.2. The molecule has 19 heavy (non-hydrogen) atoms. The highest BCUT2D eigenvalue weighted by molar-refractivity contribution is 5.89. The molecule has 1 aromatic carbocycles. The summed E-state index contributed by atoms with van der Waals surface area (Å²) in [6.07, 6.45) is 0.460. The lowest BCUT2D eigenvalue weighted by molar-refractivity contribution is 0.0694. The van der Waals surface area contributed by atoms with Crippen molar-refractivity contribution in [3.63, 3.8) is 0 Å². The van der Waals surface area contributed by atoms with Crippen molar-refractivity contribution < 1.29 is 9.90 Å². The van der Waals surface area contributed by atoms with Crippen LogP contribution >= 0.6 is 0 Å². The van der Waals surface area contributed by atoms with Crippen LogP contribution in [-0.4, -0.2) is 29.1 Å². The van der Waals surface area contributed by atoms with Gasteiger partial charge in [0, 0.05) is 26.1 Å². The lowest BCUT2D eigenvalue weighted by Gasteiger charge is -2.24. The number of benzene rings is 1. The van der Waals surface area contributed by atoms with Crippen LogP contribution in [0.5, 0.6) is 0 Å². The van der Waals surface area contributed by atoms with Crippen LogP contribution < -0.4 is 0 Å². The minimum atomic E-state index is -0.902. The SMILES string of the molecule is CC(C)CN(CCC#N)Cc1ccccc1C(=O)O. The molecule has 0 bridgehead atoms. The zero-order chi connectivity index (χ0) is 14.3. The lowest BCUT2D eigenvalue weighted by Crippen LogP contribution is -2.29. The highest BCUT2D eigenvalue weighted by atomic mass is 16.4. The van der Waals surface area contributed by atoms with E-state index in [9.17, 15) is 4.79 Å². The third kappa shape index (κ3) is 5.11. The molecule has 0 saturated heterocycles. The summed E-state index contributed by atoms with van der Waals surface area (Å²) in [6.45, 7) is 6.32. The average molecular weight is 260 g/mol. The molecule has 0 aliphatic carbocycles. The summed E-state index contributed by atoms with van der Waals surface area (Å²) in [7, 11) is 0. The fourth-order valence-electron chi connectivity index (χ4n) is 2.07. The van der Waals surface area contributed by atoms with Gasteiger partial charge >= 0.3 is 5.97 Å². The predicted molar refractivity (Wildman–Crippen MR) is 73.7 cm³/mol. The molecule has 0 aliphatic heterocycles. The van der Waals surface area contributed by atoms with Crippen LogP contribution in [0.4, 0.5) is 0 Å². The summed E-state index contributed by atoms with van der Waals surface area (Å²) in [5, 5.41) is 17.9. The Hall–Kier alpha value is -1.86. The van der Waals surface area contributed by atoms with Crippen molar-refractivity contribution in [2.24, 2.45) is 5.92 Å². The van der Waals surface area contributed by atoms with E-state index in [0.29, 0.717) is 31.0 Å². The van der Waals surface area contributed by atoms with Gasteiger partial charge in [-0.15, -0.1) is 0 Å². The van der Waals surface area contributed by atoms with Gasteiger partial charge in [0.2, 0.25) is 0 Å². The van der Waals surface area contributed by atoms with Crippen LogP contribution in [0.1, 0.15) is 36.2 Å². The van der Waals surface area contributed by atoms with Crippen LogP contribution in [0.15, 0.2) is 24.3 Å². The van der Waals surface area contributed by atoms with E-state index < -0.39 is 5.97 Å². The predicted octanol–water partition coefficient (Wildman–Crippen LogP) is 2.76.